The summed E-state index contributed by atoms with van der Waals surface area (Å²) < 4.78 is 10.8. The Kier molecular flexibility index (Phi) is 6.69. The van der Waals surface area contributed by atoms with E-state index in [2.05, 4.69) is 15.2 Å². The molecule has 0 bridgehead atoms. The van der Waals surface area contributed by atoms with Gasteiger partial charge in [-0.05, 0) is 35.4 Å². The molecule has 182 valence electrons. The van der Waals surface area contributed by atoms with E-state index >= 15 is 0 Å². The Hall–Kier alpha value is -3.82. The van der Waals surface area contributed by atoms with Crippen LogP contribution < -0.4 is 14.8 Å². The fourth-order valence-electron chi connectivity index (χ4n) is 4.45. The number of fused-ring (bicyclic) bond motifs is 2. The van der Waals surface area contributed by atoms with Gasteiger partial charge in [0.25, 0.3) is 0 Å². The van der Waals surface area contributed by atoms with Crippen LogP contribution in [0.25, 0.3) is 17.0 Å². The van der Waals surface area contributed by atoms with Gasteiger partial charge in [-0.1, -0.05) is 24.3 Å². The van der Waals surface area contributed by atoms with Crippen LogP contribution in [0, 0.1) is 0 Å². The summed E-state index contributed by atoms with van der Waals surface area (Å²) in [5.41, 5.74) is 2.98. The molecular weight excluding hydrogens is 448 g/mol. The normalized spacial score (nSPS) is 16.7. The van der Waals surface area contributed by atoms with Gasteiger partial charge in [-0.2, -0.15) is 0 Å². The van der Waals surface area contributed by atoms with Gasteiger partial charge in [0.2, 0.25) is 18.6 Å². The number of H-pyrrole nitrogens is 1. The first kappa shape index (κ1) is 22.9. The van der Waals surface area contributed by atoms with Crippen LogP contribution in [0.4, 0.5) is 0 Å². The Morgan fingerprint density at radius 2 is 1.89 bits per heavy atom. The summed E-state index contributed by atoms with van der Waals surface area (Å²) in [5.74, 6) is 0.822. The quantitative estimate of drug-likeness (QED) is 0.449. The number of hydrogen-bond acceptors (Lipinski definition) is 6. The number of hydrogen-bond donors (Lipinski definition) is 3. The first-order chi connectivity index (χ1) is 17.1. The monoisotopic (exact) mass is 476 g/mol. The van der Waals surface area contributed by atoms with Gasteiger partial charge in [0.15, 0.2) is 11.5 Å². The Morgan fingerprint density at radius 1 is 1.09 bits per heavy atom. The second kappa shape index (κ2) is 10.2. The topological polar surface area (TPSA) is 107 Å². The highest BCUT2D eigenvalue weighted by molar-refractivity contribution is 5.98. The van der Waals surface area contributed by atoms with Crippen molar-refractivity contribution >= 4 is 28.8 Å². The SMILES string of the molecule is O=C(C=Cc1c[nH]c2ccccc12)N[C@@H](CO)C(=O)N1CCN(Cc2ccc3c(c2)OCO3)CC1. The summed E-state index contributed by atoms with van der Waals surface area (Å²) >= 11 is 0. The maximum atomic E-state index is 12.9. The van der Waals surface area contributed by atoms with Gasteiger partial charge in [-0.25, -0.2) is 0 Å². The number of carbonyl (C=O) groups is 2. The molecule has 0 aliphatic carbocycles. The zero-order valence-corrected chi connectivity index (χ0v) is 19.3. The Bertz CT molecular complexity index is 1250. The highest BCUT2D eigenvalue weighted by Crippen LogP contribution is 2.32. The molecule has 2 aliphatic rings. The molecule has 9 heteroatoms. The molecule has 35 heavy (non-hydrogen) atoms. The minimum absolute atomic E-state index is 0.251. The average Bonchev–Trinajstić information content (AvgIpc) is 3.53. The van der Waals surface area contributed by atoms with Crippen molar-refractivity contribution in [2.75, 3.05) is 39.6 Å². The summed E-state index contributed by atoms with van der Waals surface area (Å²) in [6.45, 7) is 3.00. The van der Waals surface area contributed by atoms with Gasteiger partial charge in [0.05, 0.1) is 6.61 Å². The van der Waals surface area contributed by atoms with Crippen molar-refractivity contribution in [3.63, 3.8) is 0 Å². The number of carbonyl (C=O) groups excluding carboxylic acids is 2. The first-order valence-corrected chi connectivity index (χ1v) is 11.7. The average molecular weight is 477 g/mol. The largest absolute Gasteiger partial charge is 0.454 e. The number of nitrogens with zero attached hydrogens (tertiary/aromatic N) is 2. The van der Waals surface area contributed by atoms with E-state index in [-0.39, 0.29) is 12.7 Å². The van der Waals surface area contributed by atoms with Gasteiger partial charge >= 0.3 is 0 Å². The van der Waals surface area contributed by atoms with Crippen molar-refractivity contribution in [3.8, 4) is 11.5 Å². The van der Waals surface area contributed by atoms with Crippen molar-refractivity contribution in [1.29, 1.82) is 0 Å². The number of piperazine rings is 1. The van der Waals surface area contributed by atoms with Crippen LogP contribution in [0.2, 0.25) is 0 Å². The summed E-state index contributed by atoms with van der Waals surface area (Å²) in [7, 11) is 0. The maximum Gasteiger partial charge on any atom is 0.247 e. The molecule has 2 amide bonds. The molecule has 0 saturated carbocycles. The van der Waals surface area contributed by atoms with Crippen LogP contribution >= 0.6 is 0 Å². The lowest BCUT2D eigenvalue weighted by Crippen LogP contribution is -2.55. The van der Waals surface area contributed by atoms with Crippen molar-refractivity contribution in [2.24, 2.45) is 0 Å². The molecule has 1 fully saturated rings. The molecule has 0 unspecified atom stereocenters. The number of aromatic nitrogens is 1. The molecule has 0 radical (unpaired) electrons. The Morgan fingerprint density at radius 3 is 2.71 bits per heavy atom. The highest BCUT2D eigenvalue weighted by atomic mass is 16.7. The van der Waals surface area contributed by atoms with Crippen LogP contribution in [-0.4, -0.2) is 77.3 Å². The lowest BCUT2D eigenvalue weighted by atomic mass is 10.1. The first-order valence-electron chi connectivity index (χ1n) is 11.7. The van der Waals surface area contributed by atoms with Crippen LogP contribution in [0.15, 0.2) is 54.7 Å². The number of amides is 2. The molecule has 1 aromatic heterocycles. The second-order valence-electron chi connectivity index (χ2n) is 8.66. The minimum atomic E-state index is -0.976. The van der Waals surface area contributed by atoms with E-state index in [1.807, 2.05) is 48.7 Å². The lowest BCUT2D eigenvalue weighted by Gasteiger charge is -2.36. The van der Waals surface area contributed by atoms with E-state index in [0.717, 1.165) is 40.1 Å². The Labute approximate surface area is 202 Å². The molecule has 1 atom stereocenters. The van der Waals surface area contributed by atoms with Gasteiger partial charge in [-0.15, -0.1) is 0 Å². The summed E-state index contributed by atoms with van der Waals surface area (Å²) in [4.78, 5) is 32.5. The van der Waals surface area contributed by atoms with Gasteiger partial charge in [0.1, 0.15) is 6.04 Å². The predicted molar refractivity (Wildman–Crippen MR) is 131 cm³/mol. The fraction of sp³-hybridized carbons (Fsp3) is 0.308. The van der Waals surface area contributed by atoms with Crippen molar-refractivity contribution in [2.45, 2.75) is 12.6 Å². The third-order valence-corrected chi connectivity index (χ3v) is 6.36. The number of aromatic amines is 1. The van der Waals surface area contributed by atoms with E-state index in [9.17, 15) is 14.7 Å². The molecule has 2 aromatic carbocycles. The zero-order valence-electron chi connectivity index (χ0n) is 19.3. The summed E-state index contributed by atoms with van der Waals surface area (Å²) in [5, 5.41) is 13.4. The van der Waals surface area contributed by atoms with Crippen LogP contribution in [0.3, 0.4) is 0 Å². The van der Waals surface area contributed by atoms with Crippen LogP contribution in [0.1, 0.15) is 11.1 Å². The molecule has 0 spiro atoms. The van der Waals surface area contributed by atoms with E-state index in [0.29, 0.717) is 26.2 Å². The summed E-state index contributed by atoms with van der Waals surface area (Å²) in [6, 6.07) is 12.7. The van der Waals surface area contributed by atoms with Crippen LogP contribution in [-0.2, 0) is 16.1 Å². The number of nitrogens with one attached hydrogen (secondary N) is 2. The maximum absolute atomic E-state index is 12.9. The molecule has 5 rings (SSSR count). The number of benzene rings is 2. The van der Waals surface area contributed by atoms with Crippen LogP contribution in [0.5, 0.6) is 11.5 Å². The molecule has 3 N–H and O–H groups in total. The molecular formula is C26H28N4O5. The number of aliphatic hydroxyl groups is 1. The van der Waals surface area contributed by atoms with E-state index in [1.54, 1.807) is 11.0 Å². The smallest absolute Gasteiger partial charge is 0.247 e. The van der Waals surface area contributed by atoms with E-state index in [1.165, 1.54) is 6.08 Å². The van der Waals surface area contributed by atoms with Crippen molar-refractivity contribution < 1.29 is 24.2 Å². The number of para-hydroxylation sites is 1. The second-order valence-corrected chi connectivity index (χ2v) is 8.66. The molecule has 3 heterocycles. The zero-order chi connectivity index (χ0) is 24.2. The van der Waals surface area contributed by atoms with Gasteiger partial charge in [0, 0.05) is 55.9 Å². The third-order valence-electron chi connectivity index (χ3n) is 6.36. The van der Waals surface area contributed by atoms with Crippen molar-refractivity contribution in [3.05, 3.63) is 65.9 Å². The Balaban J connectivity index is 1.12. The van der Waals surface area contributed by atoms with Crippen molar-refractivity contribution in [1.82, 2.24) is 20.1 Å². The third kappa shape index (κ3) is 5.16. The highest BCUT2D eigenvalue weighted by Gasteiger charge is 2.28. The molecule has 1 saturated heterocycles. The van der Waals surface area contributed by atoms with E-state index < -0.39 is 18.6 Å². The minimum Gasteiger partial charge on any atom is -0.454 e. The number of rotatable bonds is 7. The molecule has 2 aliphatic heterocycles. The van der Waals surface area contributed by atoms with Gasteiger partial charge < -0.3 is 29.8 Å². The number of aliphatic hydroxyl groups excluding tert-OH is 1. The molecule has 3 aromatic rings. The lowest BCUT2D eigenvalue weighted by molar-refractivity contribution is -0.138. The van der Waals surface area contributed by atoms with E-state index in [4.69, 9.17) is 9.47 Å². The summed E-state index contributed by atoms with van der Waals surface area (Å²) in [6.07, 6.45) is 4.91. The predicted octanol–water partition coefficient (Wildman–Crippen LogP) is 1.73. The number of ether oxygens (including phenoxy) is 2. The standard InChI is InChI=1S/C26H28N4O5/c31-16-22(28-25(32)8-6-19-14-27-21-4-2-1-3-20(19)21)26(33)30-11-9-29(10-12-30)15-18-5-7-23-24(13-18)35-17-34-23/h1-8,13-14,22,27,31H,9-12,15-17H2,(H,28,32)/t22-/m0/s1. The fourth-order valence-corrected chi connectivity index (χ4v) is 4.45. The molecule has 9 nitrogen and oxygen atoms in total. The van der Waals surface area contributed by atoms with Gasteiger partial charge in [-0.3, -0.25) is 14.5 Å².